The highest BCUT2D eigenvalue weighted by molar-refractivity contribution is 7.92. The van der Waals surface area contributed by atoms with Gasteiger partial charge < -0.3 is 10.1 Å². The van der Waals surface area contributed by atoms with Crippen molar-refractivity contribution in [1.29, 1.82) is 0 Å². The van der Waals surface area contributed by atoms with Crippen LogP contribution in [-0.2, 0) is 14.8 Å². The quantitative estimate of drug-likeness (QED) is 0.795. The number of aryl methyl sites for hydroxylation is 1. The lowest BCUT2D eigenvalue weighted by Gasteiger charge is -2.13. The molecule has 0 atom stereocenters. The standard InChI is InChI=1S/C17H18N2O5S/c1-11-8-9-12(17(21)24-2)10-15(11)18-16(20)13-6-4-5-7-14(13)19-25(3,22)23/h4-10,19H,1-3H3,(H,18,20). The van der Waals surface area contributed by atoms with Crippen LogP contribution in [-0.4, -0.2) is 33.7 Å². The van der Waals surface area contributed by atoms with Gasteiger partial charge in [0.2, 0.25) is 10.0 Å². The van der Waals surface area contributed by atoms with Crippen molar-refractivity contribution in [3.05, 3.63) is 59.2 Å². The van der Waals surface area contributed by atoms with E-state index in [1.165, 1.54) is 25.3 Å². The smallest absolute Gasteiger partial charge is 0.337 e. The average Bonchev–Trinajstić information content (AvgIpc) is 2.55. The van der Waals surface area contributed by atoms with E-state index in [0.717, 1.165) is 11.8 Å². The van der Waals surface area contributed by atoms with Gasteiger partial charge in [-0.15, -0.1) is 0 Å². The number of sulfonamides is 1. The maximum absolute atomic E-state index is 12.6. The van der Waals surface area contributed by atoms with Gasteiger partial charge in [-0.2, -0.15) is 0 Å². The summed E-state index contributed by atoms with van der Waals surface area (Å²) in [6.07, 6.45) is 1.01. The van der Waals surface area contributed by atoms with Crippen molar-refractivity contribution in [2.24, 2.45) is 0 Å². The first-order valence-corrected chi connectivity index (χ1v) is 9.17. The second-order valence-electron chi connectivity index (χ2n) is 5.40. The molecule has 8 heteroatoms. The van der Waals surface area contributed by atoms with Gasteiger partial charge in [0, 0.05) is 5.69 Å². The van der Waals surface area contributed by atoms with Crippen LogP contribution in [0.2, 0.25) is 0 Å². The van der Waals surface area contributed by atoms with E-state index >= 15 is 0 Å². The summed E-state index contributed by atoms with van der Waals surface area (Å²) in [5, 5.41) is 2.69. The number of hydrogen-bond acceptors (Lipinski definition) is 5. The van der Waals surface area contributed by atoms with Crippen LogP contribution < -0.4 is 10.0 Å². The van der Waals surface area contributed by atoms with Gasteiger partial charge in [-0.1, -0.05) is 18.2 Å². The highest BCUT2D eigenvalue weighted by Gasteiger charge is 2.16. The second-order valence-corrected chi connectivity index (χ2v) is 7.14. The lowest BCUT2D eigenvalue weighted by Crippen LogP contribution is -2.18. The Labute approximate surface area is 146 Å². The Morgan fingerprint density at radius 1 is 1.04 bits per heavy atom. The van der Waals surface area contributed by atoms with Gasteiger partial charge in [-0.25, -0.2) is 13.2 Å². The molecule has 2 aromatic carbocycles. The van der Waals surface area contributed by atoms with E-state index in [1.54, 1.807) is 31.2 Å². The predicted octanol–water partition coefficient (Wildman–Crippen LogP) is 2.41. The Kier molecular flexibility index (Phi) is 5.43. The fraction of sp³-hybridized carbons (Fsp3) is 0.176. The third-order valence-corrected chi connectivity index (χ3v) is 3.96. The van der Waals surface area contributed by atoms with Crippen LogP contribution in [0.25, 0.3) is 0 Å². The van der Waals surface area contributed by atoms with E-state index in [-0.39, 0.29) is 11.3 Å². The Bertz CT molecular complexity index is 922. The molecule has 7 nitrogen and oxygen atoms in total. The average molecular weight is 362 g/mol. The molecule has 2 N–H and O–H groups in total. The summed E-state index contributed by atoms with van der Waals surface area (Å²) >= 11 is 0. The highest BCUT2D eigenvalue weighted by Crippen LogP contribution is 2.21. The number of hydrogen-bond donors (Lipinski definition) is 2. The number of amides is 1. The minimum absolute atomic E-state index is 0.163. The van der Waals surface area contributed by atoms with Gasteiger partial charge in [0.05, 0.1) is 30.2 Å². The molecule has 0 unspecified atom stereocenters. The third kappa shape index (κ3) is 4.80. The summed E-state index contributed by atoms with van der Waals surface area (Å²) in [5.41, 5.74) is 1.81. The molecule has 0 fully saturated rings. The lowest BCUT2D eigenvalue weighted by atomic mass is 10.1. The molecule has 1 amide bonds. The molecule has 0 radical (unpaired) electrons. The van der Waals surface area contributed by atoms with Crippen LogP contribution in [0.4, 0.5) is 11.4 Å². The number of benzene rings is 2. The zero-order chi connectivity index (χ0) is 18.6. The number of carbonyl (C=O) groups excluding carboxylic acids is 2. The molecule has 2 rings (SSSR count). The van der Waals surface area contributed by atoms with Crippen molar-refractivity contribution in [2.75, 3.05) is 23.4 Å². The van der Waals surface area contributed by atoms with Gasteiger partial charge in [0.1, 0.15) is 0 Å². The Morgan fingerprint density at radius 2 is 1.72 bits per heavy atom. The van der Waals surface area contributed by atoms with Gasteiger partial charge in [0.15, 0.2) is 0 Å². The molecule has 25 heavy (non-hydrogen) atoms. The maximum Gasteiger partial charge on any atom is 0.337 e. The van der Waals surface area contributed by atoms with E-state index in [2.05, 4.69) is 14.8 Å². The number of rotatable bonds is 5. The molecule has 0 heterocycles. The zero-order valence-electron chi connectivity index (χ0n) is 14.0. The van der Waals surface area contributed by atoms with E-state index in [1.807, 2.05) is 0 Å². The summed E-state index contributed by atoms with van der Waals surface area (Å²) in [4.78, 5) is 24.2. The van der Waals surface area contributed by atoms with Gasteiger partial charge in [0.25, 0.3) is 5.91 Å². The van der Waals surface area contributed by atoms with Crippen molar-refractivity contribution < 1.29 is 22.7 Å². The Balaban J connectivity index is 2.33. The highest BCUT2D eigenvalue weighted by atomic mass is 32.2. The number of methoxy groups -OCH3 is 1. The zero-order valence-corrected chi connectivity index (χ0v) is 14.8. The molecule has 0 aliphatic heterocycles. The van der Waals surface area contributed by atoms with Gasteiger partial charge in [-0.3, -0.25) is 9.52 Å². The van der Waals surface area contributed by atoms with E-state index in [4.69, 9.17) is 0 Å². The maximum atomic E-state index is 12.6. The molecule has 0 bridgehead atoms. The SMILES string of the molecule is COC(=O)c1ccc(C)c(NC(=O)c2ccccc2NS(C)(=O)=O)c1. The fourth-order valence-corrected chi connectivity index (χ4v) is 2.74. The number of para-hydroxylation sites is 1. The number of nitrogens with one attached hydrogen (secondary N) is 2. The normalized spacial score (nSPS) is 10.8. The Hall–Kier alpha value is -2.87. The number of esters is 1. The molecule has 0 aliphatic rings. The summed E-state index contributed by atoms with van der Waals surface area (Å²) in [6.45, 7) is 1.78. The minimum atomic E-state index is -3.53. The van der Waals surface area contributed by atoms with Crippen LogP contribution in [0.5, 0.6) is 0 Å². The second kappa shape index (κ2) is 7.35. The van der Waals surface area contributed by atoms with Crippen LogP contribution in [0.3, 0.4) is 0 Å². The van der Waals surface area contributed by atoms with E-state index in [0.29, 0.717) is 11.3 Å². The molecule has 0 saturated carbocycles. The summed E-state index contributed by atoms with van der Waals surface area (Å²) in [5.74, 6) is -1.02. The van der Waals surface area contributed by atoms with Crippen molar-refractivity contribution in [1.82, 2.24) is 0 Å². The molecule has 0 spiro atoms. The Morgan fingerprint density at radius 3 is 2.36 bits per heavy atom. The molecule has 132 valence electrons. The summed E-state index contributed by atoms with van der Waals surface area (Å²) in [6, 6.07) is 11.0. The van der Waals surface area contributed by atoms with E-state index < -0.39 is 21.9 Å². The first-order valence-electron chi connectivity index (χ1n) is 7.28. The third-order valence-electron chi connectivity index (χ3n) is 3.37. The minimum Gasteiger partial charge on any atom is -0.465 e. The topological polar surface area (TPSA) is 102 Å². The van der Waals surface area contributed by atoms with Crippen LogP contribution in [0.1, 0.15) is 26.3 Å². The van der Waals surface area contributed by atoms with Crippen molar-refractivity contribution in [3.63, 3.8) is 0 Å². The fourth-order valence-electron chi connectivity index (χ4n) is 2.16. The van der Waals surface area contributed by atoms with Crippen LogP contribution >= 0.6 is 0 Å². The predicted molar refractivity (Wildman–Crippen MR) is 95.4 cm³/mol. The molecule has 2 aromatic rings. The van der Waals surface area contributed by atoms with Gasteiger partial charge >= 0.3 is 5.97 Å². The van der Waals surface area contributed by atoms with Gasteiger partial charge in [-0.05, 0) is 36.8 Å². The lowest BCUT2D eigenvalue weighted by molar-refractivity contribution is 0.0600. The van der Waals surface area contributed by atoms with Crippen LogP contribution in [0.15, 0.2) is 42.5 Å². The molecule has 0 saturated heterocycles. The van der Waals surface area contributed by atoms with Crippen molar-refractivity contribution >= 4 is 33.3 Å². The molecule has 0 aromatic heterocycles. The first kappa shape index (κ1) is 18.5. The first-order chi connectivity index (χ1) is 11.7. The molecular weight excluding hydrogens is 344 g/mol. The summed E-state index contributed by atoms with van der Waals surface area (Å²) in [7, 11) is -2.26. The molecule has 0 aliphatic carbocycles. The van der Waals surface area contributed by atoms with Crippen molar-refractivity contribution in [2.45, 2.75) is 6.92 Å². The monoisotopic (exact) mass is 362 g/mol. The number of carbonyl (C=O) groups is 2. The largest absolute Gasteiger partial charge is 0.465 e. The molecular formula is C17H18N2O5S. The van der Waals surface area contributed by atoms with Crippen LogP contribution in [0, 0.1) is 6.92 Å². The van der Waals surface area contributed by atoms with Crippen molar-refractivity contribution in [3.8, 4) is 0 Å². The number of anilines is 2. The number of ether oxygens (including phenoxy) is 1. The van der Waals surface area contributed by atoms with E-state index in [9.17, 15) is 18.0 Å². The summed E-state index contributed by atoms with van der Waals surface area (Å²) < 4.78 is 29.9.